The van der Waals surface area contributed by atoms with E-state index >= 15 is 0 Å². The van der Waals surface area contributed by atoms with Crippen molar-refractivity contribution in [2.24, 2.45) is 0 Å². The van der Waals surface area contributed by atoms with E-state index in [4.69, 9.17) is 0 Å². The third kappa shape index (κ3) is 7.06. The van der Waals surface area contributed by atoms with Gasteiger partial charge < -0.3 is 15.4 Å². The monoisotopic (exact) mass is 461 g/mol. The summed E-state index contributed by atoms with van der Waals surface area (Å²) in [6.07, 6.45) is -4.82. The summed E-state index contributed by atoms with van der Waals surface area (Å²) in [4.78, 5) is 19.6. The first-order chi connectivity index (χ1) is 15.4. The molecule has 3 rings (SSSR count). The molecule has 8 nitrogen and oxygen atoms in total. The highest BCUT2D eigenvalue weighted by Crippen LogP contribution is 2.29. The lowest BCUT2D eigenvalue weighted by Crippen LogP contribution is -2.27. The van der Waals surface area contributed by atoms with Crippen LogP contribution in [0.1, 0.15) is 26.3 Å². The number of rotatable bonds is 7. The Balaban J connectivity index is 1.95. The van der Waals surface area contributed by atoms with Crippen molar-refractivity contribution in [1.82, 2.24) is 9.97 Å². The average Bonchev–Trinajstić information content (AvgIpc) is 2.70. The van der Waals surface area contributed by atoms with Crippen LogP contribution in [0.3, 0.4) is 0 Å². The van der Waals surface area contributed by atoms with E-state index in [1.807, 2.05) is 20.8 Å². The van der Waals surface area contributed by atoms with Gasteiger partial charge >= 0.3 is 6.36 Å². The molecule has 0 atom stereocenters. The van der Waals surface area contributed by atoms with Gasteiger partial charge in [-0.1, -0.05) is 30.3 Å². The van der Waals surface area contributed by atoms with Gasteiger partial charge in [-0.3, -0.25) is 10.1 Å². The van der Waals surface area contributed by atoms with Crippen molar-refractivity contribution in [2.45, 2.75) is 39.2 Å². The Kier molecular flexibility index (Phi) is 6.70. The number of ether oxygens (including phenoxy) is 1. The number of halogens is 3. The number of nitrogens with one attached hydrogen (secondary N) is 2. The summed E-state index contributed by atoms with van der Waals surface area (Å²) in [5.41, 5.74) is 0.743. The number of hydrogen-bond donors (Lipinski definition) is 2. The number of benzene rings is 2. The van der Waals surface area contributed by atoms with Crippen LogP contribution in [-0.4, -0.2) is 26.8 Å². The van der Waals surface area contributed by atoms with Gasteiger partial charge in [0.25, 0.3) is 5.69 Å². The number of aromatic nitrogens is 2. The zero-order valence-corrected chi connectivity index (χ0v) is 18.1. The molecule has 0 fully saturated rings. The number of para-hydroxylation sites is 1. The van der Waals surface area contributed by atoms with Crippen LogP contribution in [0.4, 0.5) is 30.6 Å². The van der Waals surface area contributed by atoms with Crippen molar-refractivity contribution in [3.63, 3.8) is 0 Å². The van der Waals surface area contributed by atoms with Gasteiger partial charge in [0.05, 0.1) is 10.6 Å². The summed E-state index contributed by atoms with van der Waals surface area (Å²) in [7, 11) is 0. The molecule has 0 saturated heterocycles. The van der Waals surface area contributed by atoms with Crippen LogP contribution in [0.25, 0.3) is 11.3 Å². The van der Waals surface area contributed by atoms with E-state index in [1.54, 1.807) is 30.3 Å². The SMILES string of the molecule is CC(C)(C)Nc1nc(NCc2ccccc2[N+](=O)[O-])cc(-c2cccc(OC(F)(F)F)c2)n1. The lowest BCUT2D eigenvalue weighted by atomic mass is 10.1. The lowest BCUT2D eigenvalue weighted by Gasteiger charge is -2.21. The molecular formula is C22H22F3N5O3. The Bertz CT molecular complexity index is 1150. The Morgan fingerprint density at radius 1 is 1.03 bits per heavy atom. The molecule has 0 aliphatic carbocycles. The largest absolute Gasteiger partial charge is 0.573 e. The normalized spacial score (nSPS) is 11.7. The molecule has 1 aromatic heterocycles. The van der Waals surface area contributed by atoms with Crippen molar-refractivity contribution < 1.29 is 22.8 Å². The van der Waals surface area contributed by atoms with Gasteiger partial charge in [0.2, 0.25) is 5.95 Å². The standard InChI is InChI=1S/C22H22F3N5O3/c1-21(2,3)29-20-27-17(14-8-6-9-16(11-14)33-22(23,24)25)12-19(28-20)26-13-15-7-4-5-10-18(15)30(31)32/h4-12H,13H2,1-3H3,(H2,26,27,28,29). The summed E-state index contributed by atoms with van der Waals surface area (Å²) in [5, 5.41) is 17.4. The number of nitro groups is 1. The lowest BCUT2D eigenvalue weighted by molar-refractivity contribution is -0.385. The van der Waals surface area contributed by atoms with Crippen LogP contribution in [0.15, 0.2) is 54.6 Å². The molecule has 0 unspecified atom stereocenters. The molecule has 1 heterocycles. The first-order valence-electron chi connectivity index (χ1n) is 9.89. The molecule has 3 aromatic rings. The second-order valence-corrected chi connectivity index (χ2v) is 8.15. The van der Waals surface area contributed by atoms with Gasteiger partial charge in [-0.05, 0) is 32.9 Å². The van der Waals surface area contributed by atoms with Gasteiger partial charge in [0.1, 0.15) is 11.6 Å². The van der Waals surface area contributed by atoms with E-state index in [0.717, 1.165) is 0 Å². The molecule has 174 valence electrons. The van der Waals surface area contributed by atoms with E-state index < -0.39 is 16.8 Å². The van der Waals surface area contributed by atoms with Crippen LogP contribution in [-0.2, 0) is 6.54 Å². The predicted molar refractivity (Wildman–Crippen MR) is 118 cm³/mol. The van der Waals surface area contributed by atoms with E-state index in [0.29, 0.717) is 22.6 Å². The van der Waals surface area contributed by atoms with E-state index in [2.05, 4.69) is 25.3 Å². The number of hydrogen-bond acceptors (Lipinski definition) is 7. The van der Waals surface area contributed by atoms with Crippen molar-refractivity contribution >= 4 is 17.5 Å². The van der Waals surface area contributed by atoms with E-state index in [1.165, 1.54) is 24.3 Å². The quantitative estimate of drug-likeness (QED) is 0.340. The number of anilines is 2. The number of nitro benzene ring substituents is 1. The molecule has 2 N–H and O–H groups in total. The molecule has 0 bridgehead atoms. The third-order valence-corrected chi connectivity index (χ3v) is 4.22. The fourth-order valence-electron chi connectivity index (χ4n) is 2.95. The van der Waals surface area contributed by atoms with Crippen LogP contribution >= 0.6 is 0 Å². The van der Waals surface area contributed by atoms with Gasteiger partial charge in [-0.15, -0.1) is 13.2 Å². The minimum absolute atomic E-state index is 0.0377. The maximum atomic E-state index is 12.6. The van der Waals surface area contributed by atoms with Crippen LogP contribution < -0.4 is 15.4 Å². The maximum absolute atomic E-state index is 12.6. The van der Waals surface area contributed by atoms with Gasteiger partial charge in [-0.25, -0.2) is 4.98 Å². The van der Waals surface area contributed by atoms with Crippen molar-refractivity contribution in [3.05, 3.63) is 70.3 Å². The first kappa shape index (κ1) is 23.8. The molecular weight excluding hydrogens is 439 g/mol. The molecule has 0 saturated carbocycles. The number of nitrogens with zero attached hydrogens (tertiary/aromatic N) is 3. The topological polar surface area (TPSA) is 102 Å². The zero-order chi connectivity index (χ0) is 24.2. The Labute approximate surface area is 188 Å². The van der Waals surface area contributed by atoms with Gasteiger partial charge in [-0.2, -0.15) is 4.98 Å². The third-order valence-electron chi connectivity index (χ3n) is 4.22. The summed E-state index contributed by atoms with van der Waals surface area (Å²) in [6.45, 7) is 5.82. The van der Waals surface area contributed by atoms with Crippen molar-refractivity contribution in [2.75, 3.05) is 10.6 Å². The first-order valence-corrected chi connectivity index (χ1v) is 9.89. The fraction of sp³-hybridized carbons (Fsp3) is 0.273. The second-order valence-electron chi connectivity index (χ2n) is 8.15. The highest BCUT2D eigenvalue weighted by atomic mass is 19.4. The summed E-state index contributed by atoms with van der Waals surface area (Å²) in [6, 6.07) is 13.3. The summed E-state index contributed by atoms with van der Waals surface area (Å²) >= 11 is 0. The maximum Gasteiger partial charge on any atom is 0.573 e. The molecule has 2 aromatic carbocycles. The fourth-order valence-corrected chi connectivity index (χ4v) is 2.95. The molecule has 0 aliphatic rings. The highest BCUT2D eigenvalue weighted by molar-refractivity contribution is 5.66. The van der Waals surface area contributed by atoms with Gasteiger partial charge in [0.15, 0.2) is 0 Å². The predicted octanol–water partition coefficient (Wildman–Crippen LogP) is 5.77. The van der Waals surface area contributed by atoms with Gasteiger partial charge in [0, 0.05) is 35.3 Å². The Morgan fingerprint density at radius 2 is 1.76 bits per heavy atom. The highest BCUT2D eigenvalue weighted by Gasteiger charge is 2.31. The molecule has 0 radical (unpaired) electrons. The smallest absolute Gasteiger partial charge is 0.406 e. The average molecular weight is 461 g/mol. The summed E-state index contributed by atoms with van der Waals surface area (Å²) < 4.78 is 41.9. The van der Waals surface area contributed by atoms with Crippen molar-refractivity contribution in [1.29, 1.82) is 0 Å². The Hall–Kier alpha value is -3.89. The zero-order valence-electron chi connectivity index (χ0n) is 18.1. The molecule has 0 spiro atoms. The molecule has 33 heavy (non-hydrogen) atoms. The molecule has 0 amide bonds. The molecule has 11 heteroatoms. The van der Waals surface area contributed by atoms with E-state index in [-0.39, 0.29) is 23.9 Å². The second kappa shape index (κ2) is 9.31. The Morgan fingerprint density at radius 3 is 2.42 bits per heavy atom. The number of alkyl halides is 3. The van der Waals surface area contributed by atoms with Crippen LogP contribution in [0.5, 0.6) is 5.75 Å². The minimum Gasteiger partial charge on any atom is -0.406 e. The molecule has 0 aliphatic heterocycles. The minimum atomic E-state index is -4.82. The van der Waals surface area contributed by atoms with Crippen molar-refractivity contribution in [3.8, 4) is 17.0 Å². The van der Waals surface area contributed by atoms with Crippen LogP contribution in [0, 0.1) is 10.1 Å². The summed E-state index contributed by atoms with van der Waals surface area (Å²) in [5.74, 6) is 0.206. The van der Waals surface area contributed by atoms with Crippen LogP contribution in [0.2, 0.25) is 0 Å². The van der Waals surface area contributed by atoms with E-state index in [9.17, 15) is 23.3 Å².